The Morgan fingerprint density at radius 2 is 2.12 bits per heavy atom. The summed E-state index contributed by atoms with van der Waals surface area (Å²) >= 11 is 0. The molecule has 134 valence electrons. The van der Waals surface area contributed by atoms with Crippen molar-refractivity contribution in [2.45, 2.75) is 39.0 Å². The molecule has 0 aromatic heterocycles. The number of likely N-dealkylation sites (N-methyl/N-ethyl adjacent to an activating group) is 1. The molecule has 1 aromatic carbocycles. The van der Waals surface area contributed by atoms with Crippen molar-refractivity contribution in [1.29, 1.82) is 0 Å². The van der Waals surface area contributed by atoms with Crippen LogP contribution in [0, 0.1) is 0 Å². The second-order valence-electron chi connectivity index (χ2n) is 6.35. The Bertz CT molecular complexity index is 554. The van der Waals surface area contributed by atoms with E-state index in [2.05, 4.69) is 10.1 Å². The second-order valence-corrected chi connectivity index (χ2v) is 6.35. The predicted molar refractivity (Wildman–Crippen MR) is 89.6 cm³/mol. The largest absolute Gasteiger partial charge is 0.433 e. The van der Waals surface area contributed by atoms with Gasteiger partial charge in [0.15, 0.2) is 0 Å². The Balaban J connectivity index is 1.92. The highest BCUT2D eigenvalue weighted by atomic mass is 19.3. The van der Waals surface area contributed by atoms with Crippen LogP contribution in [-0.4, -0.2) is 56.2 Å². The van der Waals surface area contributed by atoms with E-state index in [0.717, 1.165) is 6.42 Å². The van der Waals surface area contributed by atoms with Crippen LogP contribution in [-0.2, 0) is 4.79 Å². The van der Waals surface area contributed by atoms with Crippen molar-refractivity contribution in [2.24, 2.45) is 0 Å². The van der Waals surface area contributed by atoms with E-state index in [4.69, 9.17) is 0 Å². The van der Waals surface area contributed by atoms with Crippen LogP contribution in [0.2, 0.25) is 0 Å². The van der Waals surface area contributed by atoms with Crippen LogP contribution in [0.25, 0.3) is 0 Å². The molecule has 1 atom stereocenters. The zero-order chi connectivity index (χ0) is 17.7. The van der Waals surface area contributed by atoms with Crippen LogP contribution in [0.3, 0.4) is 0 Å². The van der Waals surface area contributed by atoms with Crippen molar-refractivity contribution in [2.75, 3.05) is 31.6 Å². The highest BCUT2D eigenvalue weighted by Gasteiger charge is 2.26. The van der Waals surface area contributed by atoms with Crippen LogP contribution in [0.1, 0.15) is 20.3 Å². The lowest BCUT2D eigenvalue weighted by atomic mass is 10.2. The first-order chi connectivity index (χ1) is 11.4. The van der Waals surface area contributed by atoms with Gasteiger partial charge in [0.05, 0.1) is 12.2 Å². The number of benzene rings is 1. The van der Waals surface area contributed by atoms with Gasteiger partial charge in [-0.25, -0.2) is 0 Å². The Labute approximate surface area is 141 Å². The molecule has 1 N–H and O–H groups in total. The minimum absolute atomic E-state index is 0.0117. The fraction of sp³-hybridized carbons (Fsp3) is 0.588. The molecule has 1 aromatic rings. The van der Waals surface area contributed by atoms with Gasteiger partial charge in [-0.15, -0.1) is 0 Å². The minimum Gasteiger partial charge on any atom is -0.433 e. The van der Waals surface area contributed by atoms with E-state index in [-0.39, 0.29) is 17.7 Å². The zero-order valence-corrected chi connectivity index (χ0v) is 14.3. The minimum atomic E-state index is -2.85. The van der Waals surface area contributed by atoms with Gasteiger partial charge in [0.2, 0.25) is 5.91 Å². The summed E-state index contributed by atoms with van der Waals surface area (Å²) in [4.78, 5) is 16.0. The molecular weight excluding hydrogens is 316 g/mol. The molecule has 0 saturated carbocycles. The zero-order valence-electron chi connectivity index (χ0n) is 14.3. The lowest BCUT2D eigenvalue weighted by molar-refractivity contribution is -0.122. The third kappa shape index (κ3) is 5.06. The third-order valence-corrected chi connectivity index (χ3v) is 4.25. The molecule has 0 radical (unpaired) electrons. The van der Waals surface area contributed by atoms with Crippen molar-refractivity contribution in [1.82, 2.24) is 10.2 Å². The van der Waals surface area contributed by atoms with Gasteiger partial charge < -0.3 is 15.0 Å². The van der Waals surface area contributed by atoms with Gasteiger partial charge in [-0.3, -0.25) is 9.69 Å². The standard InChI is InChI=1S/C17H25F2N3O2/c1-12(2)21(3)11-16(23)20-13-8-9-22(10-13)14-6-4-5-7-15(14)24-17(18)19/h4-7,12-13,17H,8-11H2,1-3H3,(H,20,23)/t13-/m0/s1. The number of hydrogen-bond acceptors (Lipinski definition) is 4. The summed E-state index contributed by atoms with van der Waals surface area (Å²) in [5.74, 6) is 0.147. The normalized spacial score (nSPS) is 17.8. The fourth-order valence-electron chi connectivity index (χ4n) is 2.69. The molecule has 5 nitrogen and oxygen atoms in total. The number of ether oxygens (including phenoxy) is 1. The maximum Gasteiger partial charge on any atom is 0.387 e. The molecule has 1 fully saturated rings. The maximum absolute atomic E-state index is 12.5. The number of carbonyl (C=O) groups is 1. The number of anilines is 1. The van der Waals surface area contributed by atoms with Crippen molar-refractivity contribution in [3.05, 3.63) is 24.3 Å². The third-order valence-electron chi connectivity index (χ3n) is 4.25. The summed E-state index contributed by atoms with van der Waals surface area (Å²) in [6.07, 6.45) is 0.778. The van der Waals surface area contributed by atoms with Crippen molar-refractivity contribution in [3.8, 4) is 5.75 Å². The predicted octanol–water partition coefficient (Wildman–Crippen LogP) is 2.32. The molecule has 0 unspecified atom stereocenters. The van der Waals surface area contributed by atoms with Crippen molar-refractivity contribution < 1.29 is 18.3 Å². The van der Waals surface area contributed by atoms with Gasteiger partial charge >= 0.3 is 6.61 Å². The summed E-state index contributed by atoms with van der Waals surface area (Å²) in [6.45, 7) is 2.83. The Morgan fingerprint density at radius 3 is 2.79 bits per heavy atom. The SMILES string of the molecule is CC(C)N(C)CC(=O)N[C@H]1CCN(c2ccccc2OC(F)F)C1. The number of para-hydroxylation sites is 2. The summed E-state index contributed by atoms with van der Waals surface area (Å²) in [6, 6.07) is 7.06. The van der Waals surface area contributed by atoms with Crippen LogP contribution < -0.4 is 15.0 Å². The van der Waals surface area contributed by atoms with Crippen molar-refractivity contribution in [3.63, 3.8) is 0 Å². The summed E-state index contributed by atoms with van der Waals surface area (Å²) in [7, 11) is 1.91. The highest BCUT2D eigenvalue weighted by Crippen LogP contribution is 2.31. The van der Waals surface area contributed by atoms with E-state index < -0.39 is 6.61 Å². The number of nitrogens with zero attached hydrogens (tertiary/aromatic N) is 2. The molecule has 0 bridgehead atoms. The number of nitrogens with one attached hydrogen (secondary N) is 1. The molecule has 1 amide bonds. The molecule has 24 heavy (non-hydrogen) atoms. The molecule has 7 heteroatoms. The van der Waals surface area contributed by atoms with Crippen LogP contribution >= 0.6 is 0 Å². The number of carbonyl (C=O) groups excluding carboxylic acids is 1. The van der Waals surface area contributed by atoms with Crippen molar-refractivity contribution >= 4 is 11.6 Å². The van der Waals surface area contributed by atoms with E-state index >= 15 is 0 Å². The van der Waals surface area contributed by atoms with E-state index in [1.807, 2.05) is 30.7 Å². The van der Waals surface area contributed by atoms with E-state index in [0.29, 0.717) is 31.4 Å². The first-order valence-corrected chi connectivity index (χ1v) is 8.15. The fourth-order valence-corrected chi connectivity index (χ4v) is 2.69. The molecular formula is C17H25F2N3O2. The number of alkyl halides is 2. The lowest BCUT2D eigenvalue weighted by Gasteiger charge is -2.23. The Kier molecular flexibility index (Phi) is 6.36. The van der Waals surface area contributed by atoms with E-state index in [9.17, 15) is 13.6 Å². The highest BCUT2D eigenvalue weighted by molar-refractivity contribution is 5.78. The molecule has 1 aliphatic heterocycles. The Hall–Kier alpha value is -1.89. The average molecular weight is 341 g/mol. The van der Waals surface area contributed by atoms with Gasteiger partial charge in [-0.1, -0.05) is 12.1 Å². The Morgan fingerprint density at radius 1 is 1.42 bits per heavy atom. The quantitative estimate of drug-likeness (QED) is 0.827. The number of rotatable bonds is 7. The monoisotopic (exact) mass is 341 g/mol. The molecule has 1 heterocycles. The number of halogens is 2. The molecule has 0 aliphatic carbocycles. The van der Waals surface area contributed by atoms with E-state index in [1.54, 1.807) is 18.2 Å². The smallest absolute Gasteiger partial charge is 0.387 e. The van der Waals surface area contributed by atoms with Gasteiger partial charge in [-0.05, 0) is 39.4 Å². The number of amides is 1. The first-order valence-electron chi connectivity index (χ1n) is 8.15. The maximum atomic E-state index is 12.5. The molecule has 0 spiro atoms. The number of hydrogen-bond donors (Lipinski definition) is 1. The van der Waals surface area contributed by atoms with Crippen LogP contribution in [0.4, 0.5) is 14.5 Å². The molecule has 2 rings (SSSR count). The topological polar surface area (TPSA) is 44.8 Å². The van der Waals surface area contributed by atoms with Gasteiger partial charge in [0, 0.05) is 25.2 Å². The first kappa shape index (κ1) is 18.4. The van der Waals surface area contributed by atoms with Gasteiger partial charge in [0.25, 0.3) is 0 Å². The summed E-state index contributed by atoms with van der Waals surface area (Å²) in [5.41, 5.74) is 0.633. The van der Waals surface area contributed by atoms with Gasteiger partial charge in [-0.2, -0.15) is 8.78 Å². The average Bonchev–Trinajstić information content (AvgIpc) is 2.95. The van der Waals surface area contributed by atoms with Gasteiger partial charge in [0.1, 0.15) is 5.75 Å². The lowest BCUT2D eigenvalue weighted by Crippen LogP contribution is -2.43. The molecule has 1 saturated heterocycles. The van der Waals surface area contributed by atoms with Crippen LogP contribution in [0.5, 0.6) is 5.75 Å². The second kappa shape index (κ2) is 8.28. The van der Waals surface area contributed by atoms with Crippen LogP contribution in [0.15, 0.2) is 24.3 Å². The summed E-state index contributed by atoms with van der Waals surface area (Å²) < 4.78 is 29.6. The summed E-state index contributed by atoms with van der Waals surface area (Å²) in [5, 5.41) is 3.01. The molecule has 1 aliphatic rings. The van der Waals surface area contributed by atoms with E-state index in [1.165, 1.54) is 6.07 Å².